The molecule has 11 heteroatoms. The van der Waals surface area contributed by atoms with E-state index >= 15 is 9.59 Å². The maximum atomic E-state index is 15.3. The number of methoxy groups -OCH3 is 1. The van der Waals surface area contributed by atoms with Crippen LogP contribution in [0.4, 0.5) is 5.69 Å². The van der Waals surface area contributed by atoms with Crippen LogP contribution in [0.2, 0.25) is 0 Å². The number of cyclic esters (lactones) is 1. The fraction of sp³-hybridized carbons (Fsp3) is 0.333. The van der Waals surface area contributed by atoms with Crippen LogP contribution in [0, 0.1) is 11.8 Å². The van der Waals surface area contributed by atoms with Gasteiger partial charge in [0.25, 0.3) is 5.91 Å². The minimum Gasteiger partial charge on any atom is -0.455 e. The first-order chi connectivity index (χ1) is 27.3. The molecule has 2 saturated heterocycles. The van der Waals surface area contributed by atoms with Gasteiger partial charge in [-0.25, -0.2) is 0 Å². The number of hydrogen-bond donors (Lipinski definition) is 2. The molecule has 3 amide bonds. The number of benzene rings is 4. The highest BCUT2D eigenvalue weighted by Crippen LogP contribution is 2.54. The molecule has 4 aromatic rings. The van der Waals surface area contributed by atoms with Crippen molar-refractivity contribution in [3.05, 3.63) is 139 Å². The van der Waals surface area contributed by atoms with Crippen LogP contribution in [0.15, 0.2) is 127 Å². The van der Waals surface area contributed by atoms with E-state index < -0.39 is 66.3 Å². The molecule has 56 heavy (non-hydrogen) atoms. The molecule has 4 aromatic carbocycles. The zero-order valence-electron chi connectivity index (χ0n) is 31.1. The molecule has 288 valence electrons. The number of nitrogens with zero attached hydrogens (tertiary/aromatic N) is 2. The second-order valence-corrected chi connectivity index (χ2v) is 14.9. The van der Waals surface area contributed by atoms with Crippen LogP contribution in [-0.2, 0) is 39.8 Å². The Labute approximate surface area is 325 Å². The Morgan fingerprint density at radius 3 is 2.38 bits per heavy atom. The van der Waals surface area contributed by atoms with Crippen molar-refractivity contribution in [2.24, 2.45) is 11.8 Å². The number of anilines is 1. The predicted molar refractivity (Wildman–Crippen MR) is 209 cm³/mol. The van der Waals surface area contributed by atoms with E-state index in [0.29, 0.717) is 17.7 Å². The average molecular weight is 756 g/mol. The van der Waals surface area contributed by atoms with Crippen LogP contribution in [0.5, 0.6) is 0 Å². The van der Waals surface area contributed by atoms with Gasteiger partial charge in [0.15, 0.2) is 0 Å². The molecule has 2 N–H and O–H groups in total. The molecular formula is C45H45N3O8. The van der Waals surface area contributed by atoms with Gasteiger partial charge in [-0.2, -0.15) is 0 Å². The van der Waals surface area contributed by atoms with E-state index in [1.54, 1.807) is 23.1 Å². The van der Waals surface area contributed by atoms with E-state index in [1.165, 1.54) is 12.0 Å². The SMILES string of the molecule is COC[C@H]1NC(=O)CC/C=C\[C@H]2O[C@]34C=CCN(c5ccc6ccccc6c5)C(=O)[C@H]3N([C@@H](CO)Cc3ccccc3)C(=O)[C@@H]4[C@H]2C(=O)O[C@@H]1c1ccccc1. The van der Waals surface area contributed by atoms with Crippen LogP contribution in [0.25, 0.3) is 10.8 Å². The molecule has 8 atom stereocenters. The molecule has 0 unspecified atom stereocenters. The summed E-state index contributed by atoms with van der Waals surface area (Å²) in [5.74, 6) is -4.16. The molecule has 0 bridgehead atoms. The number of nitrogens with one attached hydrogen (secondary N) is 1. The van der Waals surface area contributed by atoms with Gasteiger partial charge in [-0.3, -0.25) is 19.2 Å². The summed E-state index contributed by atoms with van der Waals surface area (Å²) in [6, 6.07) is 29.5. The van der Waals surface area contributed by atoms with Gasteiger partial charge < -0.3 is 34.4 Å². The van der Waals surface area contributed by atoms with Crippen molar-refractivity contribution in [2.75, 3.05) is 31.8 Å². The largest absolute Gasteiger partial charge is 0.455 e. The first kappa shape index (κ1) is 37.3. The number of ether oxygens (including phenoxy) is 3. The maximum absolute atomic E-state index is 15.3. The van der Waals surface area contributed by atoms with Gasteiger partial charge in [-0.15, -0.1) is 0 Å². The molecule has 4 aliphatic rings. The lowest BCUT2D eigenvalue weighted by Crippen LogP contribution is -2.58. The van der Waals surface area contributed by atoms with E-state index in [4.69, 9.17) is 14.2 Å². The molecule has 2 fully saturated rings. The van der Waals surface area contributed by atoms with Gasteiger partial charge in [0.05, 0.1) is 37.3 Å². The summed E-state index contributed by atoms with van der Waals surface area (Å²) in [4.78, 5) is 61.7. The van der Waals surface area contributed by atoms with Crippen molar-refractivity contribution in [1.29, 1.82) is 0 Å². The minimum absolute atomic E-state index is 0.0562. The van der Waals surface area contributed by atoms with E-state index in [-0.39, 0.29) is 37.8 Å². The Morgan fingerprint density at radius 2 is 1.62 bits per heavy atom. The number of carbonyl (C=O) groups is 4. The van der Waals surface area contributed by atoms with Gasteiger partial charge in [0.1, 0.15) is 23.7 Å². The Hall–Kier alpha value is -5.62. The highest BCUT2D eigenvalue weighted by molar-refractivity contribution is 6.06. The third-order valence-corrected chi connectivity index (χ3v) is 11.5. The summed E-state index contributed by atoms with van der Waals surface area (Å²) < 4.78 is 18.8. The third-order valence-electron chi connectivity index (χ3n) is 11.5. The molecule has 0 aliphatic carbocycles. The van der Waals surface area contributed by atoms with Crippen molar-refractivity contribution in [2.45, 2.75) is 55.2 Å². The molecule has 1 spiro atoms. The molecular weight excluding hydrogens is 711 g/mol. The number of amides is 3. The fourth-order valence-corrected chi connectivity index (χ4v) is 8.94. The molecule has 0 saturated carbocycles. The third kappa shape index (κ3) is 6.80. The van der Waals surface area contributed by atoms with Crippen molar-refractivity contribution >= 4 is 40.2 Å². The van der Waals surface area contributed by atoms with Crippen LogP contribution in [0.3, 0.4) is 0 Å². The van der Waals surface area contributed by atoms with Crippen molar-refractivity contribution in [3.8, 4) is 0 Å². The molecule has 0 aromatic heterocycles. The van der Waals surface area contributed by atoms with Crippen molar-refractivity contribution in [1.82, 2.24) is 10.2 Å². The second kappa shape index (κ2) is 15.9. The highest BCUT2D eigenvalue weighted by Gasteiger charge is 2.72. The number of rotatable bonds is 8. The molecule has 4 heterocycles. The van der Waals surface area contributed by atoms with Crippen LogP contribution in [-0.4, -0.2) is 90.4 Å². The van der Waals surface area contributed by atoms with Crippen molar-refractivity contribution in [3.63, 3.8) is 0 Å². The standard InChI is InChI=1S/C45H45N3O8/c1-54-28-35-40(31-16-6-3-7-17-31)55-44(53)38-36(19-10-11-20-37(50)46-35)56-45-23-12-24-47(33-22-21-30-15-8-9-18-32(30)26-33)43(52)41(45)48(42(51)39(38)45)34(27-49)25-29-13-4-2-5-14-29/h2-10,12-19,21-23,26,34-36,38-41,49H,11,20,24-25,27-28H2,1H3,(H,46,50)/b19-10-/t34-,35-,36-,38+,39+,40-,41-,45+/m1/s1. The number of hydrogen-bond acceptors (Lipinski definition) is 8. The number of allylic oxidation sites excluding steroid dienone is 1. The molecule has 11 nitrogen and oxygen atoms in total. The smallest absolute Gasteiger partial charge is 0.313 e. The molecule has 0 radical (unpaired) electrons. The topological polar surface area (TPSA) is 135 Å². The summed E-state index contributed by atoms with van der Waals surface area (Å²) in [5, 5.41) is 16.0. The zero-order chi connectivity index (χ0) is 38.8. The second-order valence-electron chi connectivity index (χ2n) is 14.9. The Bertz CT molecular complexity index is 2160. The minimum atomic E-state index is -1.59. The molecule has 8 rings (SSSR count). The lowest BCUT2D eigenvalue weighted by Gasteiger charge is -2.38. The van der Waals surface area contributed by atoms with Crippen LogP contribution < -0.4 is 10.2 Å². The quantitative estimate of drug-likeness (QED) is 0.196. The van der Waals surface area contributed by atoms with E-state index in [2.05, 4.69) is 5.32 Å². The number of aliphatic hydroxyl groups is 1. The molecule has 4 aliphatic heterocycles. The summed E-state index contributed by atoms with van der Waals surface area (Å²) in [6.45, 7) is -0.186. The highest BCUT2D eigenvalue weighted by atomic mass is 16.6. The Morgan fingerprint density at radius 1 is 0.893 bits per heavy atom. The number of aliphatic hydroxyl groups excluding tert-OH is 1. The van der Waals surface area contributed by atoms with Gasteiger partial charge in [-0.05, 0) is 46.9 Å². The van der Waals surface area contributed by atoms with Gasteiger partial charge >= 0.3 is 5.97 Å². The van der Waals surface area contributed by atoms with E-state index in [1.807, 2.05) is 109 Å². The number of esters is 1. The monoisotopic (exact) mass is 755 g/mol. The Balaban J connectivity index is 1.24. The number of likely N-dealkylation sites (tertiary alicyclic amines) is 1. The van der Waals surface area contributed by atoms with E-state index in [0.717, 1.165) is 16.3 Å². The van der Waals surface area contributed by atoms with E-state index in [9.17, 15) is 14.7 Å². The normalized spacial score (nSPS) is 29.0. The van der Waals surface area contributed by atoms with Gasteiger partial charge in [0.2, 0.25) is 11.8 Å². The summed E-state index contributed by atoms with van der Waals surface area (Å²) in [7, 11) is 1.51. The predicted octanol–water partition coefficient (Wildman–Crippen LogP) is 4.69. The average Bonchev–Trinajstić information content (AvgIpc) is 3.61. The maximum Gasteiger partial charge on any atom is 0.313 e. The first-order valence-corrected chi connectivity index (χ1v) is 19.2. The van der Waals surface area contributed by atoms with Crippen LogP contribution in [0.1, 0.15) is 30.1 Å². The van der Waals surface area contributed by atoms with Gasteiger partial charge in [0, 0.05) is 25.8 Å². The lowest BCUT2D eigenvalue weighted by molar-refractivity contribution is -0.162. The summed E-state index contributed by atoms with van der Waals surface area (Å²) >= 11 is 0. The Kier molecular flexibility index (Phi) is 10.6. The fourth-order valence-electron chi connectivity index (χ4n) is 8.94. The number of carbonyl (C=O) groups excluding carboxylic acids is 4. The lowest BCUT2D eigenvalue weighted by atomic mass is 9.77. The summed E-state index contributed by atoms with van der Waals surface area (Å²) in [5.41, 5.74) is 0.561. The number of fused-ring (bicyclic) bond motifs is 3. The zero-order valence-corrected chi connectivity index (χ0v) is 31.1. The first-order valence-electron chi connectivity index (χ1n) is 19.2. The van der Waals surface area contributed by atoms with Gasteiger partial charge in [-0.1, -0.05) is 115 Å². The van der Waals surface area contributed by atoms with Crippen LogP contribution >= 0.6 is 0 Å². The summed E-state index contributed by atoms with van der Waals surface area (Å²) in [6.07, 6.45) is 5.93. The van der Waals surface area contributed by atoms with Crippen molar-refractivity contribution < 1.29 is 38.5 Å².